The summed E-state index contributed by atoms with van der Waals surface area (Å²) in [6.45, 7) is 0.529. The average molecular weight is 354 g/mol. The van der Waals surface area contributed by atoms with Gasteiger partial charge in [0.1, 0.15) is 5.69 Å². The van der Waals surface area contributed by atoms with Gasteiger partial charge in [-0.05, 0) is 28.6 Å². The number of ether oxygens (including phenoxy) is 2. The van der Waals surface area contributed by atoms with Crippen LogP contribution in [0.1, 0.15) is 5.56 Å². The summed E-state index contributed by atoms with van der Waals surface area (Å²) in [5.41, 5.74) is 5.67. The van der Waals surface area contributed by atoms with Gasteiger partial charge < -0.3 is 14.9 Å². The molecule has 4 rings (SSSR count). The minimum absolute atomic E-state index is 0.197. The second-order valence-electron chi connectivity index (χ2n) is 5.44. The SMILES string of the molecule is COC(=O)Oc1cc(-c2ccccc2)c(=O)n2c1-c1sccc1CN2. The van der Waals surface area contributed by atoms with Crippen LogP contribution in [0.3, 0.4) is 0 Å². The normalized spacial score (nSPS) is 11.9. The first-order chi connectivity index (χ1) is 12.2. The molecule has 0 aliphatic carbocycles. The number of nitrogens with one attached hydrogen (secondary N) is 1. The molecule has 7 heteroatoms. The Morgan fingerprint density at radius 3 is 2.80 bits per heavy atom. The summed E-state index contributed by atoms with van der Waals surface area (Å²) >= 11 is 1.50. The number of carbonyl (C=O) groups is 1. The van der Waals surface area contributed by atoms with Crippen LogP contribution in [0.5, 0.6) is 5.75 Å². The van der Waals surface area contributed by atoms with E-state index in [1.807, 2.05) is 41.8 Å². The van der Waals surface area contributed by atoms with Crippen LogP contribution < -0.4 is 15.7 Å². The molecule has 0 bridgehead atoms. The maximum absolute atomic E-state index is 13.0. The zero-order chi connectivity index (χ0) is 17.4. The highest BCUT2D eigenvalue weighted by Crippen LogP contribution is 2.39. The van der Waals surface area contributed by atoms with Gasteiger partial charge in [-0.15, -0.1) is 11.3 Å². The Labute approximate surface area is 147 Å². The monoisotopic (exact) mass is 354 g/mol. The van der Waals surface area contributed by atoms with Crippen molar-refractivity contribution >= 4 is 17.5 Å². The van der Waals surface area contributed by atoms with E-state index in [0.29, 0.717) is 17.8 Å². The molecular formula is C18H14N2O4S. The van der Waals surface area contributed by atoms with Gasteiger partial charge in [-0.3, -0.25) is 4.79 Å². The molecule has 0 fully saturated rings. The fraction of sp³-hybridized carbons (Fsp3) is 0.111. The molecule has 0 amide bonds. The molecule has 0 spiro atoms. The van der Waals surface area contributed by atoms with Gasteiger partial charge in [-0.2, -0.15) is 0 Å². The number of methoxy groups -OCH3 is 1. The quantitative estimate of drug-likeness (QED) is 0.714. The fourth-order valence-electron chi connectivity index (χ4n) is 2.84. The first-order valence-corrected chi connectivity index (χ1v) is 8.49. The number of aromatic nitrogens is 1. The molecule has 3 aromatic rings. The molecule has 1 aliphatic heterocycles. The molecular weight excluding hydrogens is 340 g/mol. The summed E-state index contributed by atoms with van der Waals surface area (Å²) in [4.78, 5) is 25.6. The molecule has 0 atom stereocenters. The highest BCUT2D eigenvalue weighted by molar-refractivity contribution is 7.13. The Balaban J connectivity index is 1.98. The van der Waals surface area contributed by atoms with Gasteiger partial charge in [0.2, 0.25) is 0 Å². The van der Waals surface area contributed by atoms with Crippen molar-refractivity contribution in [2.24, 2.45) is 0 Å². The van der Waals surface area contributed by atoms with E-state index in [-0.39, 0.29) is 11.3 Å². The van der Waals surface area contributed by atoms with Gasteiger partial charge in [0.15, 0.2) is 5.75 Å². The van der Waals surface area contributed by atoms with Gasteiger partial charge in [0, 0.05) is 0 Å². The van der Waals surface area contributed by atoms with Gasteiger partial charge in [0.25, 0.3) is 5.56 Å². The Hall–Kier alpha value is -3.06. The predicted octanol–water partition coefficient (Wildman–Crippen LogP) is 3.45. The molecule has 1 aliphatic rings. The van der Waals surface area contributed by atoms with Crippen molar-refractivity contribution in [2.75, 3.05) is 12.5 Å². The van der Waals surface area contributed by atoms with Crippen molar-refractivity contribution in [3.8, 4) is 27.4 Å². The Morgan fingerprint density at radius 1 is 1.24 bits per heavy atom. The van der Waals surface area contributed by atoms with Gasteiger partial charge in [0.05, 0.1) is 24.1 Å². The van der Waals surface area contributed by atoms with Crippen molar-refractivity contribution in [3.05, 3.63) is 63.8 Å². The Kier molecular flexibility index (Phi) is 3.77. The van der Waals surface area contributed by atoms with E-state index in [0.717, 1.165) is 16.0 Å². The maximum atomic E-state index is 13.0. The molecule has 0 unspecified atom stereocenters. The van der Waals surface area contributed by atoms with Crippen molar-refractivity contribution in [2.45, 2.75) is 6.54 Å². The lowest BCUT2D eigenvalue weighted by atomic mass is 10.0. The summed E-state index contributed by atoms with van der Waals surface area (Å²) in [6, 6.07) is 12.8. The molecule has 0 radical (unpaired) electrons. The highest BCUT2D eigenvalue weighted by Gasteiger charge is 2.26. The molecule has 0 saturated carbocycles. The van der Waals surface area contributed by atoms with Crippen molar-refractivity contribution in [1.82, 2.24) is 4.68 Å². The van der Waals surface area contributed by atoms with E-state index >= 15 is 0 Å². The van der Waals surface area contributed by atoms with E-state index in [4.69, 9.17) is 4.74 Å². The number of pyridine rings is 1. The fourth-order valence-corrected chi connectivity index (χ4v) is 3.80. The first-order valence-electron chi connectivity index (χ1n) is 7.61. The van der Waals surface area contributed by atoms with Gasteiger partial charge >= 0.3 is 6.16 Å². The molecule has 2 aromatic heterocycles. The molecule has 126 valence electrons. The third-order valence-corrected chi connectivity index (χ3v) is 4.96. The lowest BCUT2D eigenvalue weighted by Gasteiger charge is -2.23. The number of carbonyl (C=O) groups excluding carboxylic acids is 1. The minimum atomic E-state index is -0.829. The number of fused-ring (bicyclic) bond motifs is 3. The molecule has 3 heterocycles. The van der Waals surface area contributed by atoms with Crippen LogP contribution >= 0.6 is 11.3 Å². The lowest BCUT2D eigenvalue weighted by molar-refractivity contribution is 0.121. The number of hydrogen-bond donors (Lipinski definition) is 1. The Morgan fingerprint density at radius 2 is 2.04 bits per heavy atom. The molecule has 1 N–H and O–H groups in total. The smallest absolute Gasteiger partial charge is 0.437 e. The van der Waals surface area contributed by atoms with Gasteiger partial charge in [-0.1, -0.05) is 30.3 Å². The molecule has 25 heavy (non-hydrogen) atoms. The summed E-state index contributed by atoms with van der Waals surface area (Å²) in [5.74, 6) is 0.279. The zero-order valence-corrected chi connectivity index (χ0v) is 14.1. The number of thiophene rings is 1. The number of hydrogen-bond acceptors (Lipinski definition) is 6. The minimum Gasteiger partial charge on any atom is -0.437 e. The zero-order valence-electron chi connectivity index (χ0n) is 13.3. The van der Waals surface area contributed by atoms with Crippen LogP contribution in [0.25, 0.3) is 21.7 Å². The summed E-state index contributed by atoms with van der Waals surface area (Å²) in [5, 5.41) is 1.94. The topological polar surface area (TPSA) is 69.6 Å². The average Bonchev–Trinajstić information content (AvgIpc) is 3.13. The Bertz CT molecular complexity index is 1010. The number of rotatable bonds is 2. The lowest BCUT2D eigenvalue weighted by Crippen LogP contribution is -2.34. The maximum Gasteiger partial charge on any atom is 0.513 e. The third-order valence-electron chi connectivity index (χ3n) is 4.00. The van der Waals surface area contributed by atoms with E-state index in [1.54, 1.807) is 6.07 Å². The van der Waals surface area contributed by atoms with Crippen LogP contribution in [-0.4, -0.2) is 17.9 Å². The van der Waals surface area contributed by atoms with Crippen LogP contribution in [0.4, 0.5) is 4.79 Å². The molecule has 1 aromatic carbocycles. The van der Waals surface area contributed by atoms with Crippen molar-refractivity contribution < 1.29 is 14.3 Å². The van der Waals surface area contributed by atoms with Crippen LogP contribution in [-0.2, 0) is 11.3 Å². The molecule has 6 nitrogen and oxygen atoms in total. The van der Waals surface area contributed by atoms with E-state index in [2.05, 4.69) is 10.2 Å². The second kappa shape index (κ2) is 6.10. The first kappa shape index (κ1) is 15.5. The van der Waals surface area contributed by atoms with Crippen molar-refractivity contribution in [3.63, 3.8) is 0 Å². The van der Waals surface area contributed by atoms with E-state index < -0.39 is 6.16 Å². The van der Waals surface area contributed by atoms with E-state index in [9.17, 15) is 9.59 Å². The second-order valence-corrected chi connectivity index (χ2v) is 6.36. The van der Waals surface area contributed by atoms with Gasteiger partial charge in [-0.25, -0.2) is 9.47 Å². The number of nitrogens with zero attached hydrogens (tertiary/aromatic N) is 1. The third kappa shape index (κ3) is 2.58. The highest BCUT2D eigenvalue weighted by atomic mass is 32.1. The van der Waals surface area contributed by atoms with Crippen molar-refractivity contribution in [1.29, 1.82) is 0 Å². The largest absolute Gasteiger partial charge is 0.513 e. The van der Waals surface area contributed by atoms with Crippen LogP contribution in [0.15, 0.2) is 52.6 Å². The van der Waals surface area contributed by atoms with Crippen LogP contribution in [0, 0.1) is 0 Å². The summed E-state index contributed by atoms with van der Waals surface area (Å²) in [6.07, 6.45) is -0.829. The van der Waals surface area contributed by atoms with E-state index in [1.165, 1.54) is 23.1 Å². The van der Waals surface area contributed by atoms with Crippen LogP contribution in [0.2, 0.25) is 0 Å². The number of benzene rings is 1. The predicted molar refractivity (Wildman–Crippen MR) is 95.5 cm³/mol. The summed E-state index contributed by atoms with van der Waals surface area (Å²) in [7, 11) is 1.25. The standard InChI is InChI=1S/C18H14N2O4S/c1-23-18(22)24-14-9-13(11-5-3-2-4-6-11)17(21)20-15(14)16-12(10-19-20)7-8-25-16/h2-9,19H,10H2,1H3. The summed E-state index contributed by atoms with van der Waals surface area (Å²) < 4.78 is 11.4. The molecule has 0 saturated heterocycles.